The van der Waals surface area contributed by atoms with E-state index in [4.69, 9.17) is 24.3 Å². The monoisotopic (exact) mass is 1390 g/mol. The van der Waals surface area contributed by atoms with E-state index in [0.29, 0.717) is 6.42 Å². The van der Waals surface area contributed by atoms with Gasteiger partial charge in [-0.15, -0.1) is 0 Å². The third-order valence-electron chi connectivity index (χ3n) is 17.1. The lowest BCUT2D eigenvalue weighted by Gasteiger charge is -2.19. The number of allylic oxidation sites excluding steroid dienone is 28. The van der Waals surface area contributed by atoms with Gasteiger partial charge in [-0.1, -0.05) is 370 Å². The maximum atomic E-state index is 12.8. The van der Waals surface area contributed by atoms with Crippen LogP contribution in [-0.2, 0) is 32.7 Å². The fraction of sp³-hybridized carbons (Fsp3) is 0.663. The summed E-state index contributed by atoms with van der Waals surface area (Å²) in [6.45, 7) is 3.61. The average molecular weight is 1390 g/mol. The van der Waals surface area contributed by atoms with Gasteiger partial charge in [0, 0.05) is 19.4 Å². The molecular formula is C89H150NO8P. The van der Waals surface area contributed by atoms with Gasteiger partial charge in [-0.25, -0.2) is 4.57 Å². The molecule has 0 bridgehead atoms. The Kier molecular flexibility index (Phi) is 78.5. The second kappa shape index (κ2) is 82.3. The highest BCUT2D eigenvalue weighted by Crippen LogP contribution is 2.43. The Balaban J connectivity index is 3.92. The molecule has 2 unspecified atom stereocenters. The molecule has 0 rings (SSSR count). The lowest BCUT2D eigenvalue weighted by molar-refractivity contribution is -0.161. The smallest absolute Gasteiger partial charge is 0.462 e. The van der Waals surface area contributed by atoms with Crippen molar-refractivity contribution in [2.24, 2.45) is 5.73 Å². The van der Waals surface area contributed by atoms with Crippen LogP contribution in [0.4, 0.5) is 0 Å². The molecule has 2 atom stereocenters. The largest absolute Gasteiger partial charge is 0.472 e. The summed E-state index contributed by atoms with van der Waals surface area (Å²) in [6, 6.07) is 0. The van der Waals surface area contributed by atoms with Crippen LogP contribution in [0.15, 0.2) is 170 Å². The number of hydrogen-bond acceptors (Lipinski definition) is 8. The number of hydrogen-bond donors (Lipinski definition) is 2. The van der Waals surface area contributed by atoms with Gasteiger partial charge in [0.15, 0.2) is 6.10 Å². The van der Waals surface area contributed by atoms with Gasteiger partial charge in [0.1, 0.15) is 6.61 Å². The van der Waals surface area contributed by atoms with E-state index < -0.39 is 26.5 Å². The minimum absolute atomic E-state index is 0.0422. The van der Waals surface area contributed by atoms with Gasteiger partial charge in [0.2, 0.25) is 0 Å². The van der Waals surface area contributed by atoms with Gasteiger partial charge < -0.3 is 20.1 Å². The Morgan fingerprint density at radius 1 is 0.313 bits per heavy atom. The highest BCUT2D eigenvalue weighted by molar-refractivity contribution is 7.47. The molecule has 0 saturated carbocycles. The van der Waals surface area contributed by atoms with Crippen LogP contribution in [-0.4, -0.2) is 49.3 Å². The van der Waals surface area contributed by atoms with Crippen LogP contribution < -0.4 is 5.73 Å². The number of esters is 2. The molecule has 3 N–H and O–H groups in total. The van der Waals surface area contributed by atoms with Crippen LogP contribution in [0.2, 0.25) is 0 Å². The topological polar surface area (TPSA) is 134 Å². The number of carbonyl (C=O) groups is 2. The van der Waals surface area contributed by atoms with Crippen molar-refractivity contribution in [3.8, 4) is 0 Å². The first-order chi connectivity index (χ1) is 48.8. The van der Waals surface area contributed by atoms with E-state index >= 15 is 0 Å². The van der Waals surface area contributed by atoms with E-state index in [1.165, 1.54) is 186 Å². The first kappa shape index (κ1) is 94.4. The Labute approximate surface area is 610 Å². The van der Waals surface area contributed by atoms with Crippen molar-refractivity contribution < 1.29 is 37.6 Å². The summed E-state index contributed by atoms with van der Waals surface area (Å²) in [5.74, 6) is -0.855. The van der Waals surface area contributed by atoms with Crippen molar-refractivity contribution in [2.45, 2.75) is 354 Å². The number of carbonyl (C=O) groups excluding carboxylic acids is 2. The summed E-state index contributed by atoms with van der Waals surface area (Å²) < 4.78 is 33.2. The van der Waals surface area contributed by atoms with Crippen molar-refractivity contribution >= 4 is 19.8 Å². The van der Waals surface area contributed by atoms with Crippen LogP contribution in [0.1, 0.15) is 348 Å². The molecule has 564 valence electrons. The Morgan fingerprint density at radius 2 is 0.556 bits per heavy atom. The number of rotatable bonds is 75. The number of nitrogens with two attached hydrogens (primary N) is 1. The Bertz CT molecular complexity index is 2240. The number of unbranched alkanes of at least 4 members (excludes halogenated alkanes) is 34. The van der Waals surface area contributed by atoms with Crippen molar-refractivity contribution in [3.05, 3.63) is 170 Å². The van der Waals surface area contributed by atoms with Crippen molar-refractivity contribution in [1.29, 1.82) is 0 Å². The summed E-state index contributed by atoms with van der Waals surface area (Å²) in [4.78, 5) is 35.5. The summed E-state index contributed by atoms with van der Waals surface area (Å²) in [5, 5.41) is 0. The summed E-state index contributed by atoms with van der Waals surface area (Å²) in [7, 11) is -4.42. The van der Waals surface area contributed by atoms with Gasteiger partial charge in [0.05, 0.1) is 13.2 Å². The van der Waals surface area contributed by atoms with Crippen LogP contribution in [0.3, 0.4) is 0 Å². The lowest BCUT2D eigenvalue weighted by atomic mass is 10.0. The Hall–Kier alpha value is -4.63. The van der Waals surface area contributed by atoms with Gasteiger partial charge in [-0.3, -0.25) is 18.6 Å². The quantitative estimate of drug-likeness (QED) is 0.0264. The van der Waals surface area contributed by atoms with Gasteiger partial charge in [-0.05, 0) is 135 Å². The van der Waals surface area contributed by atoms with E-state index in [1.807, 2.05) is 0 Å². The predicted molar refractivity (Wildman–Crippen MR) is 431 cm³/mol. The van der Waals surface area contributed by atoms with Gasteiger partial charge >= 0.3 is 19.8 Å². The zero-order chi connectivity index (χ0) is 71.5. The number of phosphoric acid groups is 1. The fourth-order valence-electron chi connectivity index (χ4n) is 11.1. The Morgan fingerprint density at radius 3 is 0.828 bits per heavy atom. The second-order valence-corrected chi connectivity index (χ2v) is 28.0. The van der Waals surface area contributed by atoms with E-state index in [-0.39, 0.29) is 38.6 Å². The molecule has 0 saturated heterocycles. The van der Waals surface area contributed by atoms with Crippen LogP contribution in [0.25, 0.3) is 0 Å². The van der Waals surface area contributed by atoms with E-state index in [0.717, 1.165) is 128 Å². The molecule has 0 heterocycles. The second-order valence-electron chi connectivity index (χ2n) is 26.6. The molecule has 0 amide bonds. The molecule has 99 heavy (non-hydrogen) atoms. The highest BCUT2D eigenvalue weighted by Gasteiger charge is 2.26. The van der Waals surface area contributed by atoms with Crippen LogP contribution >= 0.6 is 7.82 Å². The van der Waals surface area contributed by atoms with Gasteiger partial charge in [-0.2, -0.15) is 0 Å². The third kappa shape index (κ3) is 82.2. The molecule has 0 fully saturated rings. The predicted octanol–water partition coefficient (Wildman–Crippen LogP) is 27.6. The molecule has 10 heteroatoms. The summed E-state index contributed by atoms with van der Waals surface area (Å²) >= 11 is 0. The van der Waals surface area contributed by atoms with Crippen LogP contribution in [0, 0.1) is 0 Å². The highest BCUT2D eigenvalue weighted by atomic mass is 31.2. The van der Waals surface area contributed by atoms with Crippen molar-refractivity contribution in [1.82, 2.24) is 0 Å². The van der Waals surface area contributed by atoms with Crippen molar-refractivity contribution in [2.75, 3.05) is 26.4 Å². The SMILES string of the molecule is CC/C=C\C/C=C\C/C=C\C/C=C\C/C=C\C/C=C\C/C=C\C/C=C\C/C=C\C/C=C\C/C=C\C/C=C\CCCCCCC(=O)OC(COC(=O)CCCCCCCCCCCCCCCCCCCCCCCCCCC/C=C\C/C=C\CCCCCCC)COP(=O)(O)OCCN. The maximum absolute atomic E-state index is 12.8. The van der Waals surface area contributed by atoms with E-state index in [1.54, 1.807) is 0 Å². The number of phosphoric ester groups is 1. The molecule has 0 aromatic rings. The molecular weight excluding hydrogens is 1240 g/mol. The average Bonchev–Trinajstić information content (AvgIpc) is 1.19. The minimum atomic E-state index is -4.42. The first-order valence-electron chi connectivity index (χ1n) is 40.6. The zero-order valence-electron chi connectivity index (χ0n) is 63.7. The first-order valence-corrected chi connectivity index (χ1v) is 42.1. The third-order valence-corrected chi connectivity index (χ3v) is 18.1. The number of ether oxygens (including phenoxy) is 2. The summed E-state index contributed by atoms with van der Waals surface area (Å²) in [6.07, 6.45) is 122. The van der Waals surface area contributed by atoms with Gasteiger partial charge in [0.25, 0.3) is 0 Å². The van der Waals surface area contributed by atoms with Crippen molar-refractivity contribution in [3.63, 3.8) is 0 Å². The normalized spacial score (nSPS) is 13.8. The maximum Gasteiger partial charge on any atom is 0.472 e. The van der Waals surface area contributed by atoms with E-state index in [2.05, 4.69) is 184 Å². The molecule has 0 aromatic carbocycles. The summed E-state index contributed by atoms with van der Waals surface area (Å²) in [5.41, 5.74) is 5.41. The molecule has 0 aliphatic carbocycles. The zero-order valence-corrected chi connectivity index (χ0v) is 64.6. The fourth-order valence-corrected chi connectivity index (χ4v) is 11.9. The molecule has 0 spiro atoms. The minimum Gasteiger partial charge on any atom is -0.462 e. The standard InChI is InChI=1S/C89H150NO8P/c1-3-5-7-9-11-13-15-17-19-21-23-25-27-29-31-33-35-37-39-41-42-43-44-46-48-50-52-54-56-58-60-62-64-66-68-70-72-74-76-78-80-82-89(92)98-87(86-97-99(93,94)96-84-83-90)85-95-88(91)81-79-77-75-73-71-69-67-65-63-61-59-57-55-53-51-49-47-45-40-38-36-34-32-30-28-26-24-22-20-18-16-14-12-10-8-6-4-2/h5,7,11,13,16-19,22-25,29,31,35,37,41-42,44,46,50,52,56,58,62,64,68,70,87H,3-4,6,8-10,12,14-15,20-21,26-28,30,32-34,36,38-40,43,45,47-49,51,53-55,57,59-61,63,65-67,69,71-86,90H2,1-2H3,(H,93,94)/b7-5-,13-11-,18-16-,19-17-,24-22-,25-23-,31-29-,37-35-,42-41-,46-44-,52-50-,58-56-,64-62-,70-68-. The lowest BCUT2D eigenvalue weighted by Crippen LogP contribution is -2.29. The molecule has 0 radical (unpaired) electrons. The molecule has 9 nitrogen and oxygen atoms in total. The van der Waals surface area contributed by atoms with E-state index in [9.17, 15) is 19.0 Å². The molecule has 0 aliphatic rings. The molecule has 0 aromatic heterocycles. The van der Waals surface area contributed by atoms with Crippen LogP contribution in [0.5, 0.6) is 0 Å². The molecule has 0 aliphatic heterocycles.